The van der Waals surface area contributed by atoms with Crippen LogP contribution in [0.3, 0.4) is 0 Å². The lowest BCUT2D eigenvalue weighted by atomic mass is 9.62. The second-order valence-electron chi connectivity index (χ2n) is 7.79. The van der Waals surface area contributed by atoms with E-state index in [0.717, 1.165) is 24.2 Å². The minimum absolute atomic E-state index is 0.0104. The molecule has 1 aliphatic rings. The molecule has 1 aliphatic heterocycles. The standard InChI is InChI=1S/C22H27NO2/c1-15(2)17-8-10-19(11-9-17)22(25,21(4)13-23-14-21)20-7-5-6-18(12-20)16(3)24/h5-12,15,23,25H,13-14H2,1-4H3. The Morgan fingerprint density at radius 2 is 1.76 bits per heavy atom. The lowest BCUT2D eigenvalue weighted by Crippen LogP contribution is -2.63. The molecule has 3 nitrogen and oxygen atoms in total. The highest BCUT2D eigenvalue weighted by molar-refractivity contribution is 5.94. The van der Waals surface area contributed by atoms with Crippen molar-refractivity contribution < 1.29 is 9.90 Å². The van der Waals surface area contributed by atoms with Gasteiger partial charge in [0.05, 0.1) is 0 Å². The minimum Gasteiger partial charge on any atom is -0.380 e. The van der Waals surface area contributed by atoms with Gasteiger partial charge in [0.2, 0.25) is 0 Å². The van der Waals surface area contributed by atoms with Gasteiger partial charge in [0, 0.05) is 24.1 Å². The number of Topliss-reactive ketones (excluding diaryl/α,β-unsaturated/α-hetero) is 1. The molecule has 3 rings (SSSR count). The van der Waals surface area contributed by atoms with E-state index in [2.05, 4.69) is 38.2 Å². The SMILES string of the molecule is CC(=O)c1cccc(C(O)(c2ccc(C(C)C)cc2)C2(C)CNC2)c1. The van der Waals surface area contributed by atoms with Gasteiger partial charge in [0.15, 0.2) is 5.78 Å². The van der Waals surface area contributed by atoms with Crippen LogP contribution in [-0.4, -0.2) is 24.0 Å². The van der Waals surface area contributed by atoms with Gasteiger partial charge in [-0.05, 0) is 35.6 Å². The molecule has 3 heteroatoms. The maximum Gasteiger partial charge on any atom is 0.159 e. The molecule has 1 heterocycles. The van der Waals surface area contributed by atoms with Crippen LogP contribution in [0, 0.1) is 5.41 Å². The van der Waals surface area contributed by atoms with Crippen LogP contribution in [0.4, 0.5) is 0 Å². The van der Waals surface area contributed by atoms with Crippen molar-refractivity contribution in [3.05, 3.63) is 70.8 Å². The molecule has 0 spiro atoms. The zero-order valence-electron chi connectivity index (χ0n) is 15.5. The lowest BCUT2D eigenvalue weighted by Gasteiger charge is -2.52. The fourth-order valence-electron chi connectivity index (χ4n) is 3.69. The van der Waals surface area contributed by atoms with E-state index in [-0.39, 0.29) is 11.2 Å². The monoisotopic (exact) mass is 337 g/mol. The molecule has 0 bridgehead atoms. The molecule has 1 fully saturated rings. The van der Waals surface area contributed by atoms with Gasteiger partial charge in [-0.15, -0.1) is 0 Å². The number of nitrogens with one attached hydrogen (secondary N) is 1. The smallest absolute Gasteiger partial charge is 0.159 e. The first kappa shape index (κ1) is 17.8. The van der Waals surface area contributed by atoms with Crippen molar-refractivity contribution in [2.75, 3.05) is 13.1 Å². The summed E-state index contributed by atoms with van der Waals surface area (Å²) in [6.07, 6.45) is 0. The molecular weight excluding hydrogens is 310 g/mol. The maximum atomic E-state index is 11.9. The van der Waals surface area contributed by atoms with Crippen molar-refractivity contribution in [1.82, 2.24) is 5.32 Å². The van der Waals surface area contributed by atoms with Gasteiger partial charge in [0.25, 0.3) is 0 Å². The summed E-state index contributed by atoms with van der Waals surface area (Å²) in [4.78, 5) is 11.8. The second kappa shape index (κ2) is 6.40. The van der Waals surface area contributed by atoms with Crippen LogP contribution < -0.4 is 5.32 Å². The van der Waals surface area contributed by atoms with Crippen LogP contribution >= 0.6 is 0 Å². The fraction of sp³-hybridized carbons (Fsp3) is 0.409. The summed E-state index contributed by atoms with van der Waals surface area (Å²) in [6, 6.07) is 15.7. The van der Waals surface area contributed by atoms with Crippen LogP contribution in [0.2, 0.25) is 0 Å². The molecule has 0 amide bonds. The fourth-order valence-corrected chi connectivity index (χ4v) is 3.69. The van der Waals surface area contributed by atoms with E-state index in [1.807, 2.05) is 30.3 Å². The van der Waals surface area contributed by atoms with Crippen LogP contribution in [-0.2, 0) is 5.60 Å². The number of aliphatic hydroxyl groups is 1. The van der Waals surface area contributed by atoms with E-state index in [0.29, 0.717) is 11.5 Å². The Kier molecular flexibility index (Phi) is 4.56. The molecule has 2 aromatic rings. The molecule has 0 saturated carbocycles. The molecule has 0 aliphatic carbocycles. The minimum atomic E-state index is -1.14. The molecule has 1 atom stereocenters. The molecule has 2 N–H and O–H groups in total. The third kappa shape index (κ3) is 2.92. The summed E-state index contributed by atoms with van der Waals surface area (Å²) >= 11 is 0. The second-order valence-corrected chi connectivity index (χ2v) is 7.79. The Bertz CT molecular complexity index is 775. The normalized spacial score (nSPS) is 18.5. The van der Waals surface area contributed by atoms with E-state index < -0.39 is 5.60 Å². The molecule has 132 valence electrons. The van der Waals surface area contributed by atoms with Crippen molar-refractivity contribution in [2.45, 2.75) is 39.2 Å². The molecule has 0 radical (unpaired) electrons. The molecule has 1 unspecified atom stereocenters. The zero-order chi connectivity index (χ0) is 18.2. The quantitative estimate of drug-likeness (QED) is 0.815. The molecule has 1 saturated heterocycles. The number of benzene rings is 2. The molecular formula is C22H27NO2. The highest BCUT2D eigenvalue weighted by atomic mass is 16.3. The summed E-state index contributed by atoms with van der Waals surface area (Å²) < 4.78 is 0. The van der Waals surface area contributed by atoms with Gasteiger partial charge >= 0.3 is 0 Å². The first-order valence-electron chi connectivity index (χ1n) is 8.93. The summed E-state index contributed by atoms with van der Waals surface area (Å²) in [6.45, 7) is 9.45. The number of ketones is 1. The van der Waals surface area contributed by atoms with Crippen LogP contribution in [0.1, 0.15) is 60.7 Å². The average molecular weight is 337 g/mol. The van der Waals surface area contributed by atoms with Crippen molar-refractivity contribution in [3.8, 4) is 0 Å². The van der Waals surface area contributed by atoms with Gasteiger partial charge in [-0.3, -0.25) is 4.79 Å². The topological polar surface area (TPSA) is 49.3 Å². The summed E-state index contributed by atoms with van der Waals surface area (Å²) in [5.41, 5.74) is 2.08. The summed E-state index contributed by atoms with van der Waals surface area (Å²) in [5, 5.41) is 15.2. The third-order valence-corrected chi connectivity index (χ3v) is 5.59. The van der Waals surface area contributed by atoms with Crippen LogP contribution in [0.25, 0.3) is 0 Å². The van der Waals surface area contributed by atoms with Gasteiger partial charge in [-0.25, -0.2) is 0 Å². The lowest BCUT2D eigenvalue weighted by molar-refractivity contribution is -0.0767. The van der Waals surface area contributed by atoms with Crippen LogP contribution in [0.15, 0.2) is 48.5 Å². The maximum absolute atomic E-state index is 11.9. The van der Waals surface area contributed by atoms with E-state index in [4.69, 9.17) is 0 Å². The number of hydrogen-bond donors (Lipinski definition) is 2. The number of hydrogen-bond acceptors (Lipinski definition) is 3. The van der Waals surface area contributed by atoms with Crippen molar-refractivity contribution >= 4 is 5.78 Å². The Morgan fingerprint density at radius 1 is 1.12 bits per heavy atom. The molecule has 2 aromatic carbocycles. The number of carbonyl (C=O) groups is 1. The third-order valence-electron chi connectivity index (χ3n) is 5.59. The highest BCUT2D eigenvalue weighted by Gasteiger charge is 2.53. The van der Waals surface area contributed by atoms with Gasteiger partial charge in [0.1, 0.15) is 5.60 Å². The Hall–Kier alpha value is -1.97. The average Bonchev–Trinajstić information content (AvgIpc) is 2.59. The highest BCUT2D eigenvalue weighted by Crippen LogP contribution is 2.47. The summed E-state index contributed by atoms with van der Waals surface area (Å²) in [5.74, 6) is 0.459. The van der Waals surface area contributed by atoms with Crippen LogP contribution in [0.5, 0.6) is 0 Å². The van der Waals surface area contributed by atoms with Gasteiger partial charge in [-0.1, -0.05) is 63.2 Å². The van der Waals surface area contributed by atoms with E-state index in [1.54, 1.807) is 13.0 Å². The van der Waals surface area contributed by atoms with Gasteiger partial charge in [-0.2, -0.15) is 0 Å². The van der Waals surface area contributed by atoms with E-state index >= 15 is 0 Å². The Labute approximate surface area is 150 Å². The number of rotatable bonds is 5. The van der Waals surface area contributed by atoms with E-state index in [1.165, 1.54) is 5.56 Å². The van der Waals surface area contributed by atoms with Crippen molar-refractivity contribution in [3.63, 3.8) is 0 Å². The predicted molar refractivity (Wildman–Crippen MR) is 101 cm³/mol. The summed E-state index contributed by atoms with van der Waals surface area (Å²) in [7, 11) is 0. The number of carbonyl (C=O) groups excluding carboxylic acids is 1. The molecule has 0 aromatic heterocycles. The largest absolute Gasteiger partial charge is 0.380 e. The van der Waals surface area contributed by atoms with Gasteiger partial charge < -0.3 is 10.4 Å². The van der Waals surface area contributed by atoms with Crippen molar-refractivity contribution in [2.24, 2.45) is 5.41 Å². The van der Waals surface area contributed by atoms with Crippen molar-refractivity contribution in [1.29, 1.82) is 0 Å². The predicted octanol–water partition coefficient (Wildman–Crippen LogP) is 3.86. The first-order chi connectivity index (χ1) is 11.8. The Balaban J connectivity index is 2.14. The van der Waals surface area contributed by atoms with E-state index in [9.17, 15) is 9.90 Å². The Morgan fingerprint density at radius 3 is 2.24 bits per heavy atom. The first-order valence-corrected chi connectivity index (χ1v) is 8.93. The zero-order valence-corrected chi connectivity index (χ0v) is 15.5. The molecule has 25 heavy (non-hydrogen) atoms.